The van der Waals surface area contributed by atoms with Gasteiger partial charge in [0.15, 0.2) is 0 Å². The number of carbonyl (C=O) groups excluding carboxylic acids is 2. The Bertz CT molecular complexity index is 989. The molecule has 9 heteroatoms. The molecule has 1 aromatic rings. The van der Waals surface area contributed by atoms with Gasteiger partial charge in [0.2, 0.25) is 0 Å². The van der Waals surface area contributed by atoms with Crippen LogP contribution in [-0.4, -0.2) is 31.4 Å². The van der Waals surface area contributed by atoms with Gasteiger partial charge < -0.3 is 25.4 Å². The fourth-order valence-corrected chi connectivity index (χ4v) is 3.35. The minimum atomic E-state index is -0.582. The highest BCUT2D eigenvalue weighted by Gasteiger charge is 2.21. The molecule has 0 heterocycles. The first-order valence-electron chi connectivity index (χ1n) is 10.8. The number of nitrogens with zero attached hydrogens (tertiary/aromatic N) is 2. The Morgan fingerprint density at radius 2 is 1.97 bits per heavy atom. The number of allylic oxidation sites excluding steroid dienone is 2. The summed E-state index contributed by atoms with van der Waals surface area (Å²) in [6.07, 6.45) is 3.59. The highest BCUT2D eigenvalue weighted by Crippen LogP contribution is 2.22. The van der Waals surface area contributed by atoms with Gasteiger partial charge in [0.1, 0.15) is 6.10 Å². The molecule has 9 nitrogen and oxygen atoms in total. The Labute approximate surface area is 194 Å². The van der Waals surface area contributed by atoms with Gasteiger partial charge in [0, 0.05) is 24.9 Å². The molecule has 0 aromatic heterocycles. The zero-order valence-electron chi connectivity index (χ0n) is 19.1. The summed E-state index contributed by atoms with van der Waals surface area (Å²) in [4.78, 5) is 24.7. The molecule has 1 aliphatic rings. The van der Waals surface area contributed by atoms with Crippen LogP contribution in [0.1, 0.15) is 51.1 Å². The van der Waals surface area contributed by atoms with Gasteiger partial charge in [-0.15, -0.1) is 0 Å². The molecule has 0 spiro atoms. The van der Waals surface area contributed by atoms with Crippen molar-refractivity contribution in [1.29, 1.82) is 10.5 Å². The first kappa shape index (κ1) is 25.4. The van der Waals surface area contributed by atoms with Crippen LogP contribution < -0.4 is 16.0 Å². The second-order valence-corrected chi connectivity index (χ2v) is 7.46. The monoisotopic (exact) mass is 451 g/mol. The summed E-state index contributed by atoms with van der Waals surface area (Å²) < 4.78 is 10.6. The number of hydrogen-bond donors (Lipinski definition) is 3. The molecule has 3 atom stereocenters. The number of nitrogens with one attached hydrogen (secondary N) is 3. The Morgan fingerprint density at radius 1 is 1.18 bits per heavy atom. The first-order valence-corrected chi connectivity index (χ1v) is 10.8. The Hall–Kier alpha value is -3.82. The third-order valence-electron chi connectivity index (χ3n) is 5.20. The summed E-state index contributed by atoms with van der Waals surface area (Å²) in [6.45, 7) is 3.78. The summed E-state index contributed by atoms with van der Waals surface area (Å²) in [7, 11) is 1.52. The first-order chi connectivity index (χ1) is 15.9. The van der Waals surface area contributed by atoms with Crippen LogP contribution in [0, 0.1) is 22.7 Å². The summed E-state index contributed by atoms with van der Waals surface area (Å²) >= 11 is 0. The second-order valence-electron chi connectivity index (χ2n) is 7.46. The normalized spacial score (nSPS) is 16.7. The summed E-state index contributed by atoms with van der Waals surface area (Å²) in [5.41, 5.74) is 2.50. The lowest BCUT2D eigenvalue weighted by Crippen LogP contribution is -2.32. The Balaban J connectivity index is 2.00. The number of nitriles is 2. The zero-order valence-corrected chi connectivity index (χ0v) is 19.1. The average molecular weight is 452 g/mol. The molecule has 33 heavy (non-hydrogen) atoms. The molecule has 1 unspecified atom stereocenters. The Kier molecular flexibility index (Phi) is 9.94. The third-order valence-corrected chi connectivity index (χ3v) is 5.20. The van der Waals surface area contributed by atoms with Crippen molar-refractivity contribution >= 4 is 17.8 Å². The van der Waals surface area contributed by atoms with Gasteiger partial charge >= 0.3 is 12.1 Å². The second kappa shape index (κ2) is 12.9. The van der Waals surface area contributed by atoms with Crippen LogP contribution in [0.3, 0.4) is 0 Å². The number of hydrogen-bond acceptors (Lipinski definition) is 6. The highest BCUT2D eigenvalue weighted by atomic mass is 16.6. The van der Waals surface area contributed by atoms with E-state index >= 15 is 0 Å². The lowest BCUT2D eigenvalue weighted by atomic mass is 10.0. The van der Waals surface area contributed by atoms with Crippen LogP contribution in [0.25, 0.3) is 0 Å². The molecule has 0 aliphatic heterocycles. The number of amides is 3. The summed E-state index contributed by atoms with van der Waals surface area (Å²) in [5, 5.41) is 26.3. The highest BCUT2D eigenvalue weighted by molar-refractivity contribution is 5.90. The van der Waals surface area contributed by atoms with Gasteiger partial charge in [0.05, 0.1) is 36.3 Å². The number of methoxy groups -OCH3 is 1. The van der Waals surface area contributed by atoms with E-state index in [1.807, 2.05) is 26.0 Å². The van der Waals surface area contributed by atoms with E-state index in [0.717, 1.165) is 5.56 Å². The number of anilines is 1. The van der Waals surface area contributed by atoms with Gasteiger partial charge in [-0.25, -0.2) is 9.59 Å². The van der Waals surface area contributed by atoms with Crippen molar-refractivity contribution in [2.24, 2.45) is 0 Å². The van der Waals surface area contributed by atoms with Gasteiger partial charge in [-0.2, -0.15) is 10.5 Å². The molecule has 0 fully saturated rings. The van der Waals surface area contributed by atoms with E-state index in [0.29, 0.717) is 36.2 Å². The molecule has 0 bridgehead atoms. The van der Waals surface area contributed by atoms with Crippen molar-refractivity contribution in [2.75, 3.05) is 12.4 Å². The van der Waals surface area contributed by atoms with Crippen molar-refractivity contribution in [3.05, 3.63) is 53.3 Å². The molecule has 1 aromatic carbocycles. The van der Waals surface area contributed by atoms with Crippen molar-refractivity contribution in [3.8, 4) is 12.1 Å². The molecule has 0 radical (unpaired) electrons. The molecule has 2 rings (SSSR count). The SMILES string of the molecule is CC[C@H](CC#N)OC(=O)N[C@@H](CC)c1cccc(NC(=O)NC2=CC=C(C#N)C(OC)C2)c1. The van der Waals surface area contributed by atoms with Crippen LogP contribution in [0.2, 0.25) is 0 Å². The van der Waals surface area contributed by atoms with E-state index in [4.69, 9.17) is 20.0 Å². The molecule has 1 aliphatic carbocycles. The maximum absolute atomic E-state index is 12.5. The van der Waals surface area contributed by atoms with Gasteiger partial charge in [-0.3, -0.25) is 0 Å². The average Bonchev–Trinajstić information content (AvgIpc) is 2.82. The van der Waals surface area contributed by atoms with Crippen LogP contribution in [0.5, 0.6) is 0 Å². The largest absolute Gasteiger partial charge is 0.445 e. The number of benzene rings is 1. The minimum absolute atomic E-state index is 0.143. The van der Waals surface area contributed by atoms with Crippen molar-refractivity contribution in [2.45, 2.75) is 57.8 Å². The number of carbonyl (C=O) groups is 2. The molecular formula is C24H29N5O4. The number of alkyl carbamates (subject to hydrolysis) is 1. The molecule has 0 saturated heterocycles. The zero-order chi connectivity index (χ0) is 24.2. The minimum Gasteiger partial charge on any atom is -0.445 e. The smallest absolute Gasteiger partial charge is 0.407 e. The van der Waals surface area contributed by atoms with Gasteiger partial charge in [-0.1, -0.05) is 26.0 Å². The lowest BCUT2D eigenvalue weighted by Gasteiger charge is -2.21. The van der Waals surface area contributed by atoms with Crippen molar-refractivity contribution < 1.29 is 19.1 Å². The molecular weight excluding hydrogens is 422 g/mol. The standard InChI is InChI=1S/C24H29N5O4/c1-4-20(11-12-25)33-24(31)29-21(5-2)16-7-6-8-18(13-16)27-23(30)28-19-10-9-17(15-26)22(14-19)32-3/h6-10,13,20-22H,4-5,11,14H2,1-3H3,(H,29,31)(H2,27,28,30)/t20-,21+,22?/m1/s1. The maximum atomic E-state index is 12.5. The fraction of sp³-hybridized carbons (Fsp3) is 0.417. The summed E-state index contributed by atoms with van der Waals surface area (Å²) in [5.74, 6) is 0. The number of urea groups is 1. The molecule has 3 N–H and O–H groups in total. The van der Waals surface area contributed by atoms with Crippen LogP contribution in [0.4, 0.5) is 15.3 Å². The van der Waals surface area contributed by atoms with Crippen molar-refractivity contribution in [3.63, 3.8) is 0 Å². The van der Waals surface area contributed by atoms with E-state index < -0.39 is 24.3 Å². The van der Waals surface area contributed by atoms with E-state index in [1.54, 1.807) is 30.4 Å². The lowest BCUT2D eigenvalue weighted by molar-refractivity contribution is 0.0942. The molecule has 174 valence electrons. The third kappa shape index (κ3) is 7.67. The van der Waals surface area contributed by atoms with E-state index in [9.17, 15) is 9.59 Å². The quantitative estimate of drug-likeness (QED) is 0.508. The summed E-state index contributed by atoms with van der Waals surface area (Å²) in [6, 6.07) is 10.5. The fourth-order valence-electron chi connectivity index (χ4n) is 3.35. The van der Waals surface area contributed by atoms with Gasteiger partial charge in [-0.05, 0) is 42.7 Å². The van der Waals surface area contributed by atoms with E-state index in [2.05, 4.69) is 22.0 Å². The van der Waals surface area contributed by atoms with Crippen LogP contribution in [0.15, 0.2) is 47.7 Å². The van der Waals surface area contributed by atoms with E-state index in [1.165, 1.54) is 7.11 Å². The predicted octanol–water partition coefficient (Wildman–Crippen LogP) is 4.43. The van der Waals surface area contributed by atoms with E-state index in [-0.39, 0.29) is 12.5 Å². The number of rotatable bonds is 9. The predicted molar refractivity (Wildman–Crippen MR) is 123 cm³/mol. The van der Waals surface area contributed by atoms with Crippen LogP contribution in [-0.2, 0) is 9.47 Å². The topological polar surface area (TPSA) is 136 Å². The Morgan fingerprint density at radius 3 is 2.61 bits per heavy atom. The number of ether oxygens (including phenoxy) is 2. The molecule has 3 amide bonds. The maximum Gasteiger partial charge on any atom is 0.407 e. The van der Waals surface area contributed by atoms with Crippen molar-refractivity contribution in [1.82, 2.24) is 10.6 Å². The van der Waals surface area contributed by atoms with Crippen LogP contribution >= 0.6 is 0 Å². The van der Waals surface area contributed by atoms with Gasteiger partial charge in [0.25, 0.3) is 0 Å². The molecule has 0 saturated carbocycles.